The summed E-state index contributed by atoms with van der Waals surface area (Å²) < 4.78 is 0. The minimum absolute atomic E-state index is 0.317. The third-order valence-corrected chi connectivity index (χ3v) is 4.38. The average Bonchev–Trinajstić information content (AvgIpc) is 2.49. The molecule has 0 aliphatic heterocycles. The van der Waals surface area contributed by atoms with Crippen molar-refractivity contribution in [2.24, 2.45) is 5.92 Å². The molecule has 0 bridgehead atoms. The highest BCUT2D eigenvalue weighted by molar-refractivity contribution is 7.96. The van der Waals surface area contributed by atoms with Gasteiger partial charge in [-0.1, -0.05) is 50.3 Å². The second-order valence-corrected chi connectivity index (χ2v) is 6.29. The number of allylic oxidation sites excluding steroid dienone is 2. The summed E-state index contributed by atoms with van der Waals surface area (Å²) >= 11 is 3.73. The number of hydrogen-bond donors (Lipinski definition) is 2. The zero-order valence-corrected chi connectivity index (χ0v) is 13.6. The number of amides is 1. The quantitative estimate of drug-likeness (QED) is 0.524. The molecule has 21 heavy (non-hydrogen) atoms. The molecule has 114 valence electrons. The van der Waals surface area contributed by atoms with Gasteiger partial charge in [0.25, 0.3) is 5.24 Å². The van der Waals surface area contributed by atoms with Gasteiger partial charge in [-0.05, 0) is 61.6 Å². The predicted molar refractivity (Wildman–Crippen MR) is 93.2 cm³/mol. The van der Waals surface area contributed by atoms with Crippen LogP contribution in [0.2, 0.25) is 0 Å². The fourth-order valence-electron chi connectivity index (χ4n) is 3.06. The van der Waals surface area contributed by atoms with E-state index in [0.717, 1.165) is 11.6 Å². The van der Waals surface area contributed by atoms with Gasteiger partial charge in [0, 0.05) is 5.69 Å². The van der Waals surface area contributed by atoms with Crippen LogP contribution in [0.4, 0.5) is 10.5 Å². The normalized spacial score (nSPS) is 22.4. The van der Waals surface area contributed by atoms with Crippen LogP contribution in [0.15, 0.2) is 36.4 Å². The third kappa shape index (κ3) is 5.24. The van der Waals surface area contributed by atoms with E-state index in [1.165, 1.54) is 44.1 Å². The van der Waals surface area contributed by atoms with Crippen LogP contribution in [0.3, 0.4) is 0 Å². The Bertz CT molecular complexity index is 472. The predicted octanol–water partition coefficient (Wildman–Crippen LogP) is 5.78. The maximum Gasteiger partial charge on any atom is 0.280 e. The van der Waals surface area contributed by atoms with E-state index in [1.807, 2.05) is 12.1 Å². The topological polar surface area (TPSA) is 29.1 Å². The smallest absolute Gasteiger partial charge is 0.280 e. The first-order valence-electron chi connectivity index (χ1n) is 7.95. The van der Waals surface area contributed by atoms with Crippen molar-refractivity contribution in [2.75, 3.05) is 5.32 Å². The Balaban J connectivity index is 1.85. The molecule has 0 atom stereocenters. The van der Waals surface area contributed by atoms with Crippen molar-refractivity contribution >= 4 is 23.6 Å². The van der Waals surface area contributed by atoms with Crippen molar-refractivity contribution in [3.8, 4) is 0 Å². The van der Waals surface area contributed by atoms with Gasteiger partial charge in [0.15, 0.2) is 0 Å². The summed E-state index contributed by atoms with van der Waals surface area (Å²) in [6.07, 6.45) is 12.3. The highest BCUT2D eigenvalue weighted by Crippen LogP contribution is 2.36. The Morgan fingerprint density at radius 2 is 1.90 bits per heavy atom. The number of nitrogens with one attached hydrogen (secondary N) is 1. The molecule has 1 aliphatic rings. The molecule has 3 heteroatoms. The number of carbonyl (C=O) groups is 1. The number of unbranched alkanes of at least 4 members (excludes halogenated alkanes) is 1. The number of thiol groups is 1. The van der Waals surface area contributed by atoms with Crippen LogP contribution in [0, 0.1) is 5.92 Å². The first-order chi connectivity index (χ1) is 10.2. The Morgan fingerprint density at radius 3 is 2.48 bits per heavy atom. The van der Waals surface area contributed by atoms with Crippen molar-refractivity contribution in [2.45, 2.75) is 51.4 Å². The maximum atomic E-state index is 10.9. The number of carbonyl (C=O) groups excluding carboxylic acids is 1. The van der Waals surface area contributed by atoms with Crippen molar-refractivity contribution in [1.29, 1.82) is 0 Å². The molecular weight excluding hydrogens is 278 g/mol. The van der Waals surface area contributed by atoms with Crippen LogP contribution in [0.1, 0.15) is 56.9 Å². The molecule has 0 heterocycles. The van der Waals surface area contributed by atoms with Gasteiger partial charge in [0.05, 0.1) is 0 Å². The summed E-state index contributed by atoms with van der Waals surface area (Å²) in [6, 6.07) is 8.21. The minimum Gasteiger partial charge on any atom is -0.317 e. The second-order valence-electron chi connectivity index (χ2n) is 5.88. The van der Waals surface area contributed by atoms with Crippen molar-refractivity contribution in [3.63, 3.8) is 0 Å². The Morgan fingerprint density at radius 1 is 1.24 bits per heavy atom. The van der Waals surface area contributed by atoms with E-state index in [9.17, 15) is 4.79 Å². The molecule has 0 radical (unpaired) electrons. The number of hydrogen-bond acceptors (Lipinski definition) is 1. The summed E-state index contributed by atoms with van der Waals surface area (Å²) in [6.45, 7) is 2.22. The summed E-state index contributed by atoms with van der Waals surface area (Å²) in [4.78, 5) is 10.9. The Hall–Kier alpha value is -1.22. The minimum atomic E-state index is -0.317. The van der Waals surface area contributed by atoms with E-state index >= 15 is 0 Å². The molecule has 0 aromatic heterocycles. The molecular formula is C18H25NOS. The first kappa shape index (κ1) is 16.2. The maximum absolute atomic E-state index is 10.9. The van der Waals surface area contributed by atoms with Crippen LogP contribution in [0.25, 0.3) is 0 Å². The molecule has 1 aromatic carbocycles. The van der Waals surface area contributed by atoms with Crippen LogP contribution in [0.5, 0.6) is 0 Å². The van der Waals surface area contributed by atoms with Crippen molar-refractivity contribution in [3.05, 3.63) is 42.0 Å². The highest BCUT2D eigenvalue weighted by Gasteiger charge is 2.20. The summed E-state index contributed by atoms with van der Waals surface area (Å²) in [5.74, 6) is 1.44. The molecule has 0 saturated heterocycles. The molecule has 0 spiro atoms. The molecule has 0 unspecified atom stereocenters. The van der Waals surface area contributed by atoms with E-state index in [4.69, 9.17) is 0 Å². The van der Waals surface area contributed by atoms with Gasteiger partial charge < -0.3 is 5.32 Å². The van der Waals surface area contributed by atoms with Crippen LogP contribution in [-0.4, -0.2) is 5.24 Å². The van der Waals surface area contributed by atoms with E-state index in [0.29, 0.717) is 5.92 Å². The zero-order chi connectivity index (χ0) is 15.1. The lowest BCUT2D eigenvalue weighted by Gasteiger charge is -2.27. The first-order valence-corrected chi connectivity index (χ1v) is 8.40. The molecule has 1 amide bonds. The lowest BCUT2D eigenvalue weighted by molar-refractivity contribution is 0.270. The number of rotatable bonds is 5. The lowest BCUT2D eigenvalue weighted by Crippen LogP contribution is -2.11. The zero-order valence-electron chi connectivity index (χ0n) is 12.7. The van der Waals surface area contributed by atoms with Crippen LogP contribution >= 0.6 is 12.6 Å². The van der Waals surface area contributed by atoms with Gasteiger partial charge >= 0.3 is 0 Å². The van der Waals surface area contributed by atoms with E-state index in [-0.39, 0.29) is 5.24 Å². The van der Waals surface area contributed by atoms with Crippen LogP contribution < -0.4 is 5.32 Å². The van der Waals surface area contributed by atoms with Crippen molar-refractivity contribution < 1.29 is 4.79 Å². The standard InChI is InChI=1S/C18H25NOS/c1-2-3-4-5-14-6-8-15(9-7-14)16-10-12-17(13-11-16)19-18(20)21/h4-5,10-15H,2-3,6-9H2,1H3,(H2,19,20,21). The Kier molecular flexibility index (Phi) is 6.37. The van der Waals surface area contributed by atoms with Gasteiger partial charge in [0.1, 0.15) is 0 Å². The van der Waals surface area contributed by atoms with E-state index < -0.39 is 0 Å². The fraction of sp³-hybridized carbons (Fsp3) is 0.500. The number of benzene rings is 1. The highest BCUT2D eigenvalue weighted by atomic mass is 32.1. The third-order valence-electron chi connectivity index (χ3n) is 4.27. The van der Waals surface area contributed by atoms with E-state index in [2.05, 4.69) is 49.2 Å². The lowest BCUT2D eigenvalue weighted by atomic mass is 9.78. The van der Waals surface area contributed by atoms with Gasteiger partial charge in [-0.2, -0.15) is 0 Å². The largest absolute Gasteiger partial charge is 0.317 e. The average molecular weight is 303 g/mol. The summed E-state index contributed by atoms with van der Waals surface area (Å²) in [7, 11) is 0. The van der Waals surface area contributed by atoms with Crippen molar-refractivity contribution in [1.82, 2.24) is 0 Å². The Labute approximate surface area is 133 Å². The molecule has 1 N–H and O–H groups in total. The molecule has 1 fully saturated rings. The fourth-order valence-corrected chi connectivity index (χ4v) is 3.19. The molecule has 2 rings (SSSR count). The molecule has 1 saturated carbocycles. The molecule has 1 aromatic rings. The van der Waals surface area contributed by atoms with Gasteiger partial charge in [-0.3, -0.25) is 4.79 Å². The van der Waals surface area contributed by atoms with Gasteiger partial charge in [0.2, 0.25) is 0 Å². The van der Waals surface area contributed by atoms with Gasteiger partial charge in [-0.25, -0.2) is 0 Å². The van der Waals surface area contributed by atoms with Gasteiger partial charge in [-0.15, -0.1) is 0 Å². The summed E-state index contributed by atoms with van der Waals surface area (Å²) in [5, 5.41) is 2.37. The molecule has 2 nitrogen and oxygen atoms in total. The summed E-state index contributed by atoms with van der Waals surface area (Å²) in [5.41, 5.74) is 2.21. The number of anilines is 1. The monoisotopic (exact) mass is 303 g/mol. The second kappa shape index (κ2) is 8.28. The SMILES string of the molecule is CCCC=CC1CCC(c2ccc(NC(=O)S)cc2)CC1. The molecule has 1 aliphatic carbocycles. The van der Waals surface area contributed by atoms with E-state index in [1.54, 1.807) is 0 Å². The van der Waals surface area contributed by atoms with Crippen LogP contribution in [-0.2, 0) is 0 Å².